The van der Waals surface area contributed by atoms with Gasteiger partial charge in [0, 0.05) is 32.5 Å². The lowest BCUT2D eigenvalue weighted by Crippen LogP contribution is -2.48. The number of carbonyl (C=O) groups excluding carboxylic acids is 2. The molecule has 2 aliphatic rings. The van der Waals surface area contributed by atoms with E-state index in [4.69, 9.17) is 27.9 Å². The largest absolute Gasteiger partial charge is 0.441 e. The number of piperidine rings is 1. The molecule has 5 rings (SSSR count). The fraction of sp³-hybridized carbons (Fsp3) is 0.280. The fourth-order valence-electron chi connectivity index (χ4n) is 4.61. The van der Waals surface area contributed by atoms with Crippen LogP contribution in [0.2, 0.25) is 10.0 Å². The summed E-state index contributed by atoms with van der Waals surface area (Å²) in [6, 6.07) is 19.4. The van der Waals surface area contributed by atoms with E-state index in [0.29, 0.717) is 54.6 Å². The Bertz CT molecular complexity index is 1180. The van der Waals surface area contributed by atoms with Crippen LogP contribution in [0, 0.1) is 0 Å². The summed E-state index contributed by atoms with van der Waals surface area (Å²) >= 11 is 12.4. The molecular formula is C25H22Cl2N2O3. The van der Waals surface area contributed by atoms with Crippen molar-refractivity contribution < 1.29 is 14.3 Å². The van der Waals surface area contributed by atoms with Gasteiger partial charge in [-0.2, -0.15) is 0 Å². The van der Waals surface area contributed by atoms with Crippen LogP contribution in [0.3, 0.4) is 0 Å². The van der Waals surface area contributed by atoms with E-state index in [0.717, 1.165) is 10.9 Å². The number of likely N-dealkylation sites (tertiary alicyclic amines) is 1. The summed E-state index contributed by atoms with van der Waals surface area (Å²) in [6.45, 7) is 1.99. The summed E-state index contributed by atoms with van der Waals surface area (Å²) in [5.41, 5.74) is 0.835. The van der Waals surface area contributed by atoms with Gasteiger partial charge in [0.15, 0.2) is 0 Å². The Morgan fingerprint density at radius 1 is 0.938 bits per heavy atom. The molecule has 0 bridgehead atoms. The first-order valence-electron chi connectivity index (χ1n) is 10.6. The molecule has 2 saturated heterocycles. The van der Waals surface area contributed by atoms with Crippen LogP contribution in [0.1, 0.15) is 28.8 Å². The average molecular weight is 469 g/mol. The predicted molar refractivity (Wildman–Crippen MR) is 125 cm³/mol. The molecule has 164 valence electrons. The molecule has 5 nitrogen and oxygen atoms in total. The average Bonchev–Trinajstić information content (AvgIpc) is 3.08. The number of benzene rings is 3. The molecule has 3 aromatic rings. The van der Waals surface area contributed by atoms with Gasteiger partial charge >= 0.3 is 6.09 Å². The van der Waals surface area contributed by atoms with Gasteiger partial charge in [0.1, 0.15) is 5.60 Å². The lowest BCUT2D eigenvalue weighted by Gasteiger charge is -2.37. The Morgan fingerprint density at radius 3 is 2.34 bits per heavy atom. The van der Waals surface area contributed by atoms with Crippen molar-refractivity contribution in [1.29, 1.82) is 0 Å². The highest BCUT2D eigenvalue weighted by atomic mass is 35.5. The lowest BCUT2D eigenvalue weighted by atomic mass is 9.91. The highest BCUT2D eigenvalue weighted by molar-refractivity contribution is 6.39. The summed E-state index contributed by atoms with van der Waals surface area (Å²) in [7, 11) is 0. The van der Waals surface area contributed by atoms with Crippen molar-refractivity contribution in [3.8, 4) is 0 Å². The summed E-state index contributed by atoms with van der Waals surface area (Å²) in [5, 5.41) is 3.01. The first kappa shape index (κ1) is 21.1. The molecule has 0 atom stereocenters. The van der Waals surface area contributed by atoms with Crippen LogP contribution >= 0.6 is 23.2 Å². The highest BCUT2D eigenvalue weighted by Gasteiger charge is 2.47. The summed E-state index contributed by atoms with van der Waals surface area (Å²) in [5.74, 6) is -0.187. The molecule has 7 heteroatoms. The second-order valence-corrected chi connectivity index (χ2v) is 9.29. The molecule has 0 aromatic heterocycles. The maximum Gasteiger partial charge on any atom is 0.410 e. The summed E-state index contributed by atoms with van der Waals surface area (Å²) < 4.78 is 5.84. The molecule has 0 N–H and O–H groups in total. The van der Waals surface area contributed by atoms with Crippen molar-refractivity contribution >= 4 is 46.0 Å². The number of carbonyl (C=O) groups is 2. The molecule has 3 aromatic carbocycles. The van der Waals surface area contributed by atoms with Gasteiger partial charge in [-0.05, 0) is 34.5 Å². The van der Waals surface area contributed by atoms with Crippen molar-refractivity contribution in [1.82, 2.24) is 9.80 Å². The molecule has 0 radical (unpaired) electrons. The smallest absolute Gasteiger partial charge is 0.410 e. The number of fused-ring (bicyclic) bond motifs is 1. The molecule has 0 aliphatic carbocycles. The normalized spacial score (nSPS) is 17.8. The van der Waals surface area contributed by atoms with Gasteiger partial charge in [-0.1, -0.05) is 65.7 Å². The van der Waals surface area contributed by atoms with Crippen LogP contribution in [0.4, 0.5) is 4.79 Å². The van der Waals surface area contributed by atoms with Crippen LogP contribution in [0.25, 0.3) is 10.8 Å². The Morgan fingerprint density at radius 2 is 1.62 bits per heavy atom. The third-order valence-corrected chi connectivity index (χ3v) is 7.00. The van der Waals surface area contributed by atoms with E-state index in [9.17, 15) is 9.59 Å². The van der Waals surface area contributed by atoms with Crippen LogP contribution in [-0.2, 0) is 11.3 Å². The topological polar surface area (TPSA) is 49.9 Å². The van der Waals surface area contributed by atoms with Crippen molar-refractivity contribution in [2.24, 2.45) is 0 Å². The Balaban J connectivity index is 1.25. The Kier molecular flexibility index (Phi) is 5.48. The van der Waals surface area contributed by atoms with E-state index in [-0.39, 0.29) is 12.0 Å². The molecule has 1 spiro atoms. The van der Waals surface area contributed by atoms with Crippen molar-refractivity contribution in [3.63, 3.8) is 0 Å². The molecule has 2 amide bonds. The van der Waals surface area contributed by atoms with Gasteiger partial charge in [-0.3, -0.25) is 9.69 Å². The molecule has 0 saturated carbocycles. The van der Waals surface area contributed by atoms with E-state index < -0.39 is 5.60 Å². The van der Waals surface area contributed by atoms with Crippen LogP contribution in [0.15, 0.2) is 60.7 Å². The number of ether oxygens (including phenoxy) is 1. The zero-order chi connectivity index (χ0) is 22.3. The summed E-state index contributed by atoms with van der Waals surface area (Å²) in [6.07, 6.45) is 0.869. The molecule has 0 unspecified atom stereocenters. The first-order chi connectivity index (χ1) is 15.4. The second-order valence-electron chi connectivity index (χ2n) is 8.48. The number of rotatable bonds is 3. The Labute approximate surface area is 196 Å². The van der Waals surface area contributed by atoms with Crippen molar-refractivity contribution in [2.45, 2.75) is 25.0 Å². The minimum absolute atomic E-state index is 0.187. The minimum Gasteiger partial charge on any atom is -0.441 e. The van der Waals surface area contributed by atoms with Crippen molar-refractivity contribution in [3.05, 3.63) is 81.8 Å². The van der Waals surface area contributed by atoms with E-state index in [1.807, 2.05) is 12.1 Å². The molecular weight excluding hydrogens is 447 g/mol. The van der Waals surface area contributed by atoms with Gasteiger partial charge in [0.25, 0.3) is 5.91 Å². The second kappa shape index (κ2) is 8.30. The number of hydrogen-bond donors (Lipinski definition) is 0. The maximum absolute atomic E-state index is 13.0. The fourth-order valence-corrected chi connectivity index (χ4v) is 5.17. The third-order valence-electron chi connectivity index (χ3n) is 6.37. The molecule has 2 aliphatic heterocycles. The van der Waals surface area contributed by atoms with Gasteiger partial charge < -0.3 is 9.64 Å². The van der Waals surface area contributed by atoms with Crippen LogP contribution < -0.4 is 0 Å². The van der Waals surface area contributed by atoms with Crippen LogP contribution in [-0.4, -0.2) is 47.0 Å². The zero-order valence-corrected chi connectivity index (χ0v) is 18.9. The number of amides is 2. The van der Waals surface area contributed by atoms with Gasteiger partial charge in [-0.15, -0.1) is 0 Å². The van der Waals surface area contributed by atoms with Crippen LogP contribution in [0.5, 0.6) is 0 Å². The monoisotopic (exact) mass is 468 g/mol. The maximum atomic E-state index is 13.0. The SMILES string of the molecule is O=C1OC2(CCN(C(=O)c3c(Cl)cccc3Cl)CC2)CN1Cc1ccc2ccccc2c1. The van der Waals surface area contributed by atoms with E-state index in [2.05, 4.69) is 30.3 Å². The van der Waals surface area contributed by atoms with Gasteiger partial charge in [0.05, 0.1) is 22.2 Å². The molecule has 32 heavy (non-hydrogen) atoms. The highest BCUT2D eigenvalue weighted by Crippen LogP contribution is 2.35. The third kappa shape index (κ3) is 3.91. The Hall–Kier alpha value is -2.76. The first-order valence-corrected chi connectivity index (χ1v) is 11.4. The number of halogens is 2. The number of nitrogens with zero attached hydrogens (tertiary/aromatic N) is 2. The van der Waals surface area contributed by atoms with Gasteiger partial charge in [-0.25, -0.2) is 4.79 Å². The van der Waals surface area contributed by atoms with Gasteiger partial charge in [0.2, 0.25) is 0 Å². The van der Waals surface area contributed by atoms with E-state index in [1.54, 1.807) is 28.0 Å². The standard InChI is InChI=1S/C25H22Cl2N2O3/c26-20-6-3-7-21(27)22(20)23(30)28-12-10-25(11-13-28)16-29(24(31)32-25)15-17-8-9-18-4-1-2-5-19(18)14-17/h1-9,14H,10-13,15-16H2. The molecule has 2 fully saturated rings. The molecule has 2 heterocycles. The number of hydrogen-bond acceptors (Lipinski definition) is 3. The zero-order valence-electron chi connectivity index (χ0n) is 17.4. The van der Waals surface area contributed by atoms with E-state index in [1.165, 1.54) is 5.39 Å². The quantitative estimate of drug-likeness (QED) is 0.489. The van der Waals surface area contributed by atoms with Crippen molar-refractivity contribution in [2.75, 3.05) is 19.6 Å². The lowest BCUT2D eigenvalue weighted by molar-refractivity contribution is 0.00314. The van der Waals surface area contributed by atoms with E-state index >= 15 is 0 Å². The summed E-state index contributed by atoms with van der Waals surface area (Å²) in [4.78, 5) is 29.1. The predicted octanol–water partition coefficient (Wildman–Crippen LogP) is 5.77. The minimum atomic E-state index is -0.561.